The van der Waals surface area contributed by atoms with Crippen molar-refractivity contribution < 1.29 is 0 Å². The van der Waals surface area contributed by atoms with Crippen molar-refractivity contribution in [1.29, 1.82) is 0 Å². The van der Waals surface area contributed by atoms with Gasteiger partial charge in [0.25, 0.3) is 0 Å². The highest BCUT2D eigenvalue weighted by molar-refractivity contribution is 5.50. The zero-order valence-electron chi connectivity index (χ0n) is 8.45. The largest absolute Gasteiger partial charge is 0.327 e. The third-order valence-corrected chi connectivity index (χ3v) is 2.96. The van der Waals surface area contributed by atoms with Crippen molar-refractivity contribution in [2.24, 2.45) is 5.73 Å². The summed E-state index contributed by atoms with van der Waals surface area (Å²) >= 11 is 0. The van der Waals surface area contributed by atoms with E-state index in [4.69, 9.17) is 5.73 Å². The van der Waals surface area contributed by atoms with Crippen LogP contribution in [0.4, 0.5) is 0 Å². The van der Waals surface area contributed by atoms with Gasteiger partial charge in [-0.3, -0.25) is 0 Å². The number of benzene rings is 1. The molecule has 0 spiro atoms. The first-order valence-electron chi connectivity index (χ1n) is 5.37. The lowest BCUT2D eigenvalue weighted by Gasteiger charge is -2.25. The summed E-state index contributed by atoms with van der Waals surface area (Å²) in [5.74, 6) is 0.836. The van der Waals surface area contributed by atoms with Gasteiger partial charge in [0.05, 0.1) is 0 Å². The zero-order valence-corrected chi connectivity index (χ0v) is 8.45. The maximum absolute atomic E-state index is 5.40. The van der Waals surface area contributed by atoms with Gasteiger partial charge >= 0.3 is 0 Å². The van der Waals surface area contributed by atoms with Gasteiger partial charge in [-0.15, -0.1) is 0 Å². The Morgan fingerprint density at radius 3 is 2.43 bits per heavy atom. The van der Waals surface area contributed by atoms with Crippen molar-refractivity contribution in [3.05, 3.63) is 41.5 Å². The Bertz CT molecular complexity index is 307. The lowest BCUT2D eigenvalue weighted by molar-refractivity contribution is 0.420. The third kappa shape index (κ3) is 2.05. The van der Waals surface area contributed by atoms with E-state index >= 15 is 0 Å². The fourth-order valence-corrected chi connectivity index (χ4v) is 1.82. The van der Waals surface area contributed by atoms with Crippen molar-refractivity contribution in [3.8, 4) is 0 Å². The van der Waals surface area contributed by atoms with Gasteiger partial charge < -0.3 is 5.73 Å². The van der Waals surface area contributed by atoms with E-state index in [1.165, 1.54) is 30.4 Å². The lowest BCUT2D eigenvalue weighted by atomic mass is 9.80. The molecule has 0 aromatic heterocycles. The van der Waals surface area contributed by atoms with Crippen LogP contribution >= 0.6 is 0 Å². The second kappa shape index (κ2) is 4.43. The minimum absolute atomic E-state index is 0.615. The molecule has 0 radical (unpaired) electrons. The molecule has 1 saturated carbocycles. The summed E-state index contributed by atoms with van der Waals surface area (Å²) in [4.78, 5) is 0. The highest BCUT2D eigenvalue weighted by atomic mass is 14.5. The van der Waals surface area contributed by atoms with Gasteiger partial charge in [-0.2, -0.15) is 0 Å². The van der Waals surface area contributed by atoms with Crippen LogP contribution in [0, 0.1) is 0 Å². The van der Waals surface area contributed by atoms with Crippen LogP contribution in [-0.2, 0) is 0 Å². The first-order chi connectivity index (χ1) is 6.90. The van der Waals surface area contributed by atoms with Gasteiger partial charge in [-0.1, -0.05) is 42.8 Å². The molecule has 0 unspecified atom stereocenters. The molecule has 1 heteroatoms. The van der Waals surface area contributed by atoms with E-state index in [9.17, 15) is 0 Å². The average molecular weight is 187 g/mol. The molecule has 14 heavy (non-hydrogen) atoms. The SMILES string of the molecule is NC/C=C/c1ccc(C2CCC2)cc1. The molecular formula is C13H17N. The molecule has 0 heterocycles. The molecule has 1 nitrogen and oxygen atoms in total. The van der Waals surface area contributed by atoms with E-state index in [1.807, 2.05) is 6.08 Å². The van der Waals surface area contributed by atoms with Crippen LogP contribution in [0.1, 0.15) is 36.3 Å². The second-order valence-corrected chi connectivity index (χ2v) is 3.93. The molecule has 0 amide bonds. The van der Waals surface area contributed by atoms with Crippen LogP contribution in [0.15, 0.2) is 30.3 Å². The van der Waals surface area contributed by atoms with E-state index in [1.54, 1.807) is 0 Å². The predicted octanol–water partition coefficient (Wildman–Crippen LogP) is 2.93. The molecule has 0 atom stereocenters. The zero-order chi connectivity index (χ0) is 9.80. The Morgan fingerprint density at radius 1 is 1.21 bits per heavy atom. The Morgan fingerprint density at radius 2 is 1.93 bits per heavy atom. The second-order valence-electron chi connectivity index (χ2n) is 3.93. The molecule has 1 aliphatic rings. The molecule has 2 N–H and O–H groups in total. The van der Waals surface area contributed by atoms with Gasteiger partial charge in [0.15, 0.2) is 0 Å². The van der Waals surface area contributed by atoms with Crippen molar-refractivity contribution in [2.45, 2.75) is 25.2 Å². The van der Waals surface area contributed by atoms with E-state index < -0.39 is 0 Å². The average Bonchev–Trinajstić information content (AvgIpc) is 2.14. The van der Waals surface area contributed by atoms with Gasteiger partial charge in [0, 0.05) is 6.54 Å². The smallest absolute Gasteiger partial charge is 0.0110 e. The fraction of sp³-hybridized carbons (Fsp3) is 0.385. The number of nitrogens with two attached hydrogens (primary N) is 1. The van der Waals surface area contributed by atoms with Crippen molar-refractivity contribution in [3.63, 3.8) is 0 Å². The van der Waals surface area contributed by atoms with Crippen LogP contribution in [0.25, 0.3) is 6.08 Å². The van der Waals surface area contributed by atoms with E-state index in [-0.39, 0.29) is 0 Å². The maximum Gasteiger partial charge on any atom is 0.0110 e. The van der Waals surface area contributed by atoms with E-state index in [0.717, 1.165) is 5.92 Å². The van der Waals surface area contributed by atoms with Crippen LogP contribution in [0.3, 0.4) is 0 Å². The summed E-state index contributed by atoms with van der Waals surface area (Å²) in [5.41, 5.74) is 8.15. The Labute approximate surface area is 85.6 Å². The monoisotopic (exact) mass is 187 g/mol. The highest BCUT2D eigenvalue weighted by Gasteiger charge is 2.18. The lowest BCUT2D eigenvalue weighted by Crippen LogP contribution is -2.08. The molecule has 1 aliphatic carbocycles. The summed E-state index contributed by atoms with van der Waals surface area (Å²) in [5, 5.41) is 0. The maximum atomic E-state index is 5.40. The number of rotatable bonds is 3. The fourth-order valence-electron chi connectivity index (χ4n) is 1.82. The summed E-state index contributed by atoms with van der Waals surface area (Å²) in [6.07, 6.45) is 8.21. The highest BCUT2D eigenvalue weighted by Crippen LogP contribution is 2.36. The van der Waals surface area contributed by atoms with Crippen LogP contribution in [0.5, 0.6) is 0 Å². The van der Waals surface area contributed by atoms with E-state index in [0.29, 0.717) is 6.54 Å². The van der Waals surface area contributed by atoms with E-state index in [2.05, 4.69) is 30.3 Å². The van der Waals surface area contributed by atoms with Gasteiger partial charge in [-0.05, 0) is 29.9 Å². The Hall–Kier alpha value is -1.08. The quantitative estimate of drug-likeness (QED) is 0.773. The molecule has 1 aromatic carbocycles. The summed E-state index contributed by atoms with van der Waals surface area (Å²) in [6, 6.07) is 8.86. The minimum Gasteiger partial charge on any atom is -0.327 e. The Balaban J connectivity index is 2.05. The number of hydrogen-bond donors (Lipinski definition) is 1. The summed E-state index contributed by atoms with van der Waals surface area (Å²) < 4.78 is 0. The van der Waals surface area contributed by atoms with Crippen molar-refractivity contribution in [2.75, 3.05) is 6.54 Å². The molecule has 1 fully saturated rings. The third-order valence-electron chi connectivity index (χ3n) is 2.96. The normalized spacial score (nSPS) is 17.2. The molecular weight excluding hydrogens is 170 g/mol. The first-order valence-corrected chi connectivity index (χ1v) is 5.37. The van der Waals surface area contributed by atoms with Crippen LogP contribution in [-0.4, -0.2) is 6.54 Å². The standard InChI is InChI=1S/C13H17N/c14-10-2-3-11-6-8-13(9-7-11)12-4-1-5-12/h2-3,6-9,12H,1,4-5,10,14H2/b3-2+. The van der Waals surface area contributed by atoms with Crippen molar-refractivity contribution >= 4 is 6.08 Å². The number of hydrogen-bond acceptors (Lipinski definition) is 1. The van der Waals surface area contributed by atoms with Gasteiger partial charge in [0.2, 0.25) is 0 Å². The molecule has 2 rings (SSSR count). The van der Waals surface area contributed by atoms with Crippen LogP contribution in [0.2, 0.25) is 0 Å². The first kappa shape index (κ1) is 9.47. The van der Waals surface area contributed by atoms with Gasteiger partial charge in [0.1, 0.15) is 0 Å². The topological polar surface area (TPSA) is 26.0 Å². The van der Waals surface area contributed by atoms with Crippen LogP contribution < -0.4 is 5.73 Å². The molecule has 74 valence electrons. The summed E-state index contributed by atoms with van der Waals surface area (Å²) in [6.45, 7) is 0.615. The molecule has 1 aromatic rings. The van der Waals surface area contributed by atoms with Gasteiger partial charge in [-0.25, -0.2) is 0 Å². The minimum atomic E-state index is 0.615. The summed E-state index contributed by atoms with van der Waals surface area (Å²) in [7, 11) is 0. The Kier molecular flexibility index (Phi) is 3.00. The molecule has 0 saturated heterocycles. The predicted molar refractivity (Wildman–Crippen MR) is 61.1 cm³/mol. The molecule has 0 aliphatic heterocycles. The van der Waals surface area contributed by atoms with Crippen molar-refractivity contribution in [1.82, 2.24) is 0 Å². The molecule has 0 bridgehead atoms.